The maximum Gasteiger partial charge on any atom is 0.339 e. The molecule has 0 aliphatic rings. The lowest BCUT2D eigenvalue weighted by Gasteiger charge is -2.03. The minimum absolute atomic E-state index is 0.117. The molecule has 96 valence electrons. The Bertz CT molecular complexity index is 483. The van der Waals surface area contributed by atoms with Gasteiger partial charge in [-0.25, -0.2) is 9.78 Å². The fourth-order valence-electron chi connectivity index (χ4n) is 1.24. The molecule has 1 aromatic heterocycles. The van der Waals surface area contributed by atoms with Crippen molar-refractivity contribution in [1.29, 1.82) is 0 Å². The second-order valence-corrected chi connectivity index (χ2v) is 3.53. The van der Waals surface area contributed by atoms with Crippen LogP contribution in [0.3, 0.4) is 0 Å². The number of ether oxygens (including phenoxy) is 1. The van der Waals surface area contributed by atoms with E-state index in [1.54, 1.807) is 18.2 Å². The largest absolute Gasteiger partial charge is 0.465 e. The Kier molecular flexibility index (Phi) is 4.86. The van der Waals surface area contributed by atoms with Crippen LogP contribution in [0.15, 0.2) is 18.3 Å². The van der Waals surface area contributed by atoms with Gasteiger partial charge in [0.25, 0.3) is 0 Å². The molecule has 6 nitrogen and oxygen atoms in total. The lowest BCUT2D eigenvalue weighted by Crippen LogP contribution is -2.19. The summed E-state index contributed by atoms with van der Waals surface area (Å²) in [5, 5.41) is 2.61. The molecule has 0 aromatic carbocycles. The number of nitrogens with one attached hydrogen (secondary N) is 1. The van der Waals surface area contributed by atoms with E-state index in [4.69, 9.17) is 5.73 Å². The zero-order valence-electron chi connectivity index (χ0n) is 10.3. The van der Waals surface area contributed by atoms with Crippen molar-refractivity contribution in [2.75, 3.05) is 19.4 Å². The number of anilines is 1. The second kappa shape index (κ2) is 6.39. The molecule has 0 aliphatic heterocycles. The summed E-state index contributed by atoms with van der Waals surface area (Å²) in [7, 11) is 1.30. The van der Waals surface area contributed by atoms with E-state index in [1.807, 2.05) is 0 Å². The Morgan fingerprint density at radius 2 is 2.28 bits per heavy atom. The Morgan fingerprint density at radius 3 is 2.89 bits per heavy atom. The molecule has 0 aliphatic carbocycles. The number of amides is 1. The van der Waals surface area contributed by atoms with Gasteiger partial charge in [0.2, 0.25) is 5.91 Å². The number of esters is 1. The molecule has 6 heteroatoms. The Labute approximate surface area is 105 Å². The number of nitrogens with two attached hydrogens (primary N) is 1. The standard InChI is InChI=1S/C12H15N3O3/c1-8(16)14-5-3-4-9-6-10(12(17)18-2)7-15-11(9)13/h3-4,6-7H,5H2,1-2H3,(H2,13,15)(H,14,16). The summed E-state index contributed by atoms with van der Waals surface area (Å²) in [6.07, 6.45) is 4.76. The van der Waals surface area contributed by atoms with Crippen LogP contribution in [-0.2, 0) is 9.53 Å². The highest BCUT2D eigenvalue weighted by Crippen LogP contribution is 2.13. The van der Waals surface area contributed by atoms with E-state index in [0.717, 1.165) is 0 Å². The summed E-state index contributed by atoms with van der Waals surface area (Å²) in [6.45, 7) is 1.82. The Morgan fingerprint density at radius 1 is 1.56 bits per heavy atom. The van der Waals surface area contributed by atoms with Crippen molar-refractivity contribution in [3.63, 3.8) is 0 Å². The number of hydrogen-bond acceptors (Lipinski definition) is 5. The van der Waals surface area contributed by atoms with Crippen molar-refractivity contribution < 1.29 is 14.3 Å². The highest BCUT2D eigenvalue weighted by molar-refractivity contribution is 5.90. The molecule has 1 amide bonds. The van der Waals surface area contributed by atoms with Gasteiger partial charge in [0, 0.05) is 25.2 Å². The first-order valence-electron chi connectivity index (χ1n) is 5.29. The highest BCUT2D eigenvalue weighted by atomic mass is 16.5. The van der Waals surface area contributed by atoms with Crippen LogP contribution in [0.2, 0.25) is 0 Å². The second-order valence-electron chi connectivity index (χ2n) is 3.53. The molecule has 1 rings (SSSR count). The van der Waals surface area contributed by atoms with Gasteiger partial charge in [-0.15, -0.1) is 0 Å². The molecule has 0 bridgehead atoms. The average molecular weight is 249 g/mol. The average Bonchev–Trinajstić information content (AvgIpc) is 2.35. The summed E-state index contributed by atoms with van der Waals surface area (Å²) in [5.74, 6) is -0.283. The van der Waals surface area contributed by atoms with Crippen LogP contribution < -0.4 is 11.1 Å². The van der Waals surface area contributed by atoms with Crippen LogP contribution in [-0.4, -0.2) is 30.5 Å². The summed E-state index contributed by atoms with van der Waals surface area (Å²) < 4.78 is 4.59. The van der Waals surface area contributed by atoms with E-state index in [9.17, 15) is 9.59 Å². The predicted octanol–water partition coefficient (Wildman–Crippen LogP) is 0.600. The summed E-state index contributed by atoms with van der Waals surface area (Å²) in [6, 6.07) is 1.58. The molecule has 0 saturated heterocycles. The van der Waals surface area contributed by atoms with Crippen LogP contribution in [0.4, 0.5) is 5.82 Å². The van der Waals surface area contributed by atoms with Crippen LogP contribution in [0.1, 0.15) is 22.8 Å². The van der Waals surface area contributed by atoms with Gasteiger partial charge in [-0.3, -0.25) is 4.79 Å². The molecule has 3 N–H and O–H groups in total. The van der Waals surface area contributed by atoms with Gasteiger partial charge >= 0.3 is 5.97 Å². The summed E-state index contributed by atoms with van der Waals surface area (Å²) >= 11 is 0. The van der Waals surface area contributed by atoms with Crippen molar-refractivity contribution >= 4 is 23.8 Å². The third-order valence-corrected chi connectivity index (χ3v) is 2.14. The van der Waals surface area contributed by atoms with Crippen molar-refractivity contribution in [2.45, 2.75) is 6.92 Å². The molecule has 0 radical (unpaired) electrons. The lowest BCUT2D eigenvalue weighted by molar-refractivity contribution is -0.118. The lowest BCUT2D eigenvalue weighted by atomic mass is 10.1. The number of carbonyl (C=O) groups excluding carboxylic acids is 2. The number of hydrogen-bond donors (Lipinski definition) is 2. The molecule has 0 fully saturated rings. The first kappa shape index (κ1) is 13.7. The van der Waals surface area contributed by atoms with Gasteiger partial charge in [0.15, 0.2) is 0 Å². The third-order valence-electron chi connectivity index (χ3n) is 2.14. The molecule has 0 spiro atoms. The van der Waals surface area contributed by atoms with Gasteiger partial charge in [-0.05, 0) is 6.07 Å². The maximum absolute atomic E-state index is 11.3. The molecular formula is C12H15N3O3. The van der Waals surface area contributed by atoms with Gasteiger partial charge < -0.3 is 15.8 Å². The van der Waals surface area contributed by atoms with E-state index in [2.05, 4.69) is 15.0 Å². The normalized spacial score (nSPS) is 10.3. The molecular weight excluding hydrogens is 234 g/mol. The number of pyridine rings is 1. The summed E-state index contributed by atoms with van der Waals surface area (Å²) in [5.41, 5.74) is 6.60. The van der Waals surface area contributed by atoms with E-state index in [-0.39, 0.29) is 5.91 Å². The minimum atomic E-state index is -0.473. The fraction of sp³-hybridized carbons (Fsp3) is 0.250. The quantitative estimate of drug-likeness (QED) is 0.762. The van der Waals surface area contributed by atoms with E-state index in [1.165, 1.54) is 20.2 Å². The maximum atomic E-state index is 11.3. The monoisotopic (exact) mass is 249 g/mol. The first-order chi connectivity index (χ1) is 8.54. The molecule has 0 atom stereocenters. The summed E-state index contributed by atoms with van der Waals surface area (Å²) in [4.78, 5) is 25.9. The van der Waals surface area contributed by atoms with Gasteiger partial charge in [0.1, 0.15) is 5.82 Å². The van der Waals surface area contributed by atoms with E-state index < -0.39 is 5.97 Å². The van der Waals surface area contributed by atoms with Crippen LogP contribution in [0.5, 0.6) is 0 Å². The first-order valence-corrected chi connectivity index (χ1v) is 5.29. The Balaban J connectivity index is 2.81. The predicted molar refractivity (Wildman–Crippen MR) is 67.7 cm³/mol. The van der Waals surface area contributed by atoms with Crippen molar-refractivity contribution in [3.05, 3.63) is 29.5 Å². The van der Waals surface area contributed by atoms with Gasteiger partial charge in [-0.2, -0.15) is 0 Å². The number of carbonyl (C=O) groups is 2. The molecule has 0 saturated carbocycles. The molecule has 18 heavy (non-hydrogen) atoms. The molecule has 1 aromatic rings. The van der Waals surface area contributed by atoms with Crippen LogP contribution in [0, 0.1) is 0 Å². The van der Waals surface area contributed by atoms with Crippen molar-refractivity contribution in [2.24, 2.45) is 0 Å². The van der Waals surface area contributed by atoms with Gasteiger partial charge in [0.05, 0.1) is 12.7 Å². The molecule has 0 unspecified atom stereocenters. The van der Waals surface area contributed by atoms with E-state index in [0.29, 0.717) is 23.5 Å². The van der Waals surface area contributed by atoms with Crippen molar-refractivity contribution in [3.8, 4) is 0 Å². The zero-order chi connectivity index (χ0) is 13.5. The van der Waals surface area contributed by atoms with Crippen molar-refractivity contribution in [1.82, 2.24) is 10.3 Å². The fourth-order valence-corrected chi connectivity index (χ4v) is 1.24. The molecule has 1 heterocycles. The topological polar surface area (TPSA) is 94.3 Å². The third kappa shape index (κ3) is 3.89. The number of nitrogens with zero attached hydrogens (tertiary/aromatic N) is 1. The zero-order valence-corrected chi connectivity index (χ0v) is 10.3. The van der Waals surface area contributed by atoms with Crippen LogP contribution in [0.25, 0.3) is 6.08 Å². The minimum Gasteiger partial charge on any atom is -0.465 e. The number of methoxy groups -OCH3 is 1. The van der Waals surface area contributed by atoms with E-state index >= 15 is 0 Å². The Hall–Kier alpha value is -2.37. The highest BCUT2D eigenvalue weighted by Gasteiger charge is 2.07. The number of nitrogen functional groups attached to an aromatic ring is 1. The van der Waals surface area contributed by atoms with Gasteiger partial charge in [-0.1, -0.05) is 12.2 Å². The van der Waals surface area contributed by atoms with Crippen LogP contribution >= 0.6 is 0 Å². The number of rotatable bonds is 4. The number of aromatic nitrogens is 1. The smallest absolute Gasteiger partial charge is 0.339 e. The SMILES string of the molecule is COC(=O)c1cnc(N)c(C=CCNC(C)=O)c1.